The molecule has 6 nitrogen and oxygen atoms in total. The molecule has 0 aromatic heterocycles. The average Bonchev–Trinajstić information content (AvgIpc) is 2.68. The molecule has 0 bridgehead atoms. The van der Waals surface area contributed by atoms with Crippen LogP contribution in [0.3, 0.4) is 0 Å². The van der Waals surface area contributed by atoms with Gasteiger partial charge >= 0.3 is 0 Å². The number of fused-ring (bicyclic) bond motifs is 1. The van der Waals surface area contributed by atoms with Crippen LogP contribution in [-0.4, -0.2) is 35.7 Å². The second-order valence-corrected chi connectivity index (χ2v) is 6.58. The molecule has 3 amide bonds. The second-order valence-electron chi connectivity index (χ2n) is 6.58. The third-order valence-corrected chi connectivity index (χ3v) is 4.80. The zero-order chi connectivity index (χ0) is 20.3. The Bertz CT molecular complexity index is 925. The van der Waals surface area contributed by atoms with Gasteiger partial charge < -0.3 is 15.5 Å². The van der Waals surface area contributed by atoms with Crippen LogP contribution in [0.15, 0.2) is 42.5 Å². The number of benzene rings is 2. The number of hydrogen-bond acceptors (Lipinski definition) is 3. The maximum atomic E-state index is 13.5. The summed E-state index contributed by atoms with van der Waals surface area (Å²) >= 11 is 0. The Hall–Kier alpha value is -3.22. The Morgan fingerprint density at radius 3 is 2.64 bits per heavy atom. The minimum absolute atomic E-state index is 0.0253. The average molecular weight is 383 g/mol. The molecule has 0 aliphatic carbocycles. The molecule has 0 saturated carbocycles. The Labute approximate surface area is 162 Å². The molecule has 2 aromatic carbocycles. The number of carbonyl (C=O) groups excluding carboxylic acids is 3. The van der Waals surface area contributed by atoms with Crippen molar-refractivity contribution in [2.45, 2.75) is 26.2 Å². The standard InChI is InChI=1S/C21H22FN3O3/c1-3-25(4-2)21(28)13-6-5-7-15(10-13)23-20(27)17-12-19(26)24-18-11-14(22)8-9-16(17)18/h5-11,17H,3-4,12H2,1-2H3,(H,23,27)(H,24,26)/t17-/m1/s1. The van der Waals surface area contributed by atoms with E-state index in [4.69, 9.17) is 0 Å². The van der Waals surface area contributed by atoms with Gasteiger partial charge in [0.25, 0.3) is 5.91 Å². The summed E-state index contributed by atoms with van der Waals surface area (Å²) in [5.41, 5.74) is 1.82. The third kappa shape index (κ3) is 4.03. The fourth-order valence-electron chi connectivity index (χ4n) is 3.32. The van der Waals surface area contributed by atoms with Gasteiger partial charge in [-0.05, 0) is 49.7 Å². The molecular formula is C21H22FN3O3. The Morgan fingerprint density at radius 1 is 1.18 bits per heavy atom. The van der Waals surface area contributed by atoms with Crippen LogP contribution in [0.1, 0.15) is 42.1 Å². The molecule has 1 heterocycles. The van der Waals surface area contributed by atoms with Gasteiger partial charge in [-0.25, -0.2) is 4.39 Å². The summed E-state index contributed by atoms with van der Waals surface area (Å²) in [5, 5.41) is 5.36. The first-order valence-electron chi connectivity index (χ1n) is 9.22. The van der Waals surface area contributed by atoms with Crippen LogP contribution < -0.4 is 10.6 Å². The van der Waals surface area contributed by atoms with Crippen molar-refractivity contribution in [2.75, 3.05) is 23.7 Å². The van der Waals surface area contributed by atoms with E-state index in [2.05, 4.69) is 10.6 Å². The highest BCUT2D eigenvalue weighted by Crippen LogP contribution is 2.33. The fourth-order valence-corrected chi connectivity index (χ4v) is 3.32. The van der Waals surface area contributed by atoms with Gasteiger partial charge in [0, 0.05) is 36.4 Å². The SMILES string of the molecule is CCN(CC)C(=O)c1cccc(NC(=O)[C@@H]2CC(=O)Nc3cc(F)ccc32)c1. The first-order valence-corrected chi connectivity index (χ1v) is 9.22. The van der Waals surface area contributed by atoms with Crippen LogP contribution >= 0.6 is 0 Å². The van der Waals surface area contributed by atoms with Crippen LogP contribution in [0, 0.1) is 5.82 Å². The van der Waals surface area contributed by atoms with Crippen molar-refractivity contribution in [1.82, 2.24) is 4.90 Å². The van der Waals surface area contributed by atoms with Crippen LogP contribution in [0.4, 0.5) is 15.8 Å². The summed E-state index contributed by atoms with van der Waals surface area (Å²) in [6, 6.07) is 10.7. The zero-order valence-electron chi connectivity index (χ0n) is 15.8. The molecule has 1 atom stereocenters. The van der Waals surface area contributed by atoms with E-state index >= 15 is 0 Å². The highest BCUT2D eigenvalue weighted by Gasteiger charge is 2.31. The second kappa shape index (κ2) is 8.21. The van der Waals surface area contributed by atoms with Crippen molar-refractivity contribution < 1.29 is 18.8 Å². The van der Waals surface area contributed by atoms with Crippen molar-refractivity contribution in [3.8, 4) is 0 Å². The molecule has 7 heteroatoms. The van der Waals surface area contributed by atoms with Crippen molar-refractivity contribution in [2.24, 2.45) is 0 Å². The van der Waals surface area contributed by atoms with Gasteiger partial charge in [-0.2, -0.15) is 0 Å². The van der Waals surface area contributed by atoms with Gasteiger partial charge in [-0.15, -0.1) is 0 Å². The topological polar surface area (TPSA) is 78.5 Å². The van der Waals surface area contributed by atoms with E-state index < -0.39 is 11.7 Å². The molecule has 1 aliphatic heterocycles. The lowest BCUT2D eigenvalue weighted by Gasteiger charge is -2.25. The molecule has 2 N–H and O–H groups in total. The van der Waals surface area contributed by atoms with Gasteiger partial charge in [0.15, 0.2) is 0 Å². The number of carbonyl (C=O) groups is 3. The summed E-state index contributed by atoms with van der Waals surface area (Å²) in [6.45, 7) is 5.00. The van der Waals surface area contributed by atoms with Gasteiger partial charge in [-0.3, -0.25) is 14.4 Å². The van der Waals surface area contributed by atoms with E-state index in [0.29, 0.717) is 35.6 Å². The number of hydrogen-bond donors (Lipinski definition) is 2. The van der Waals surface area contributed by atoms with E-state index in [-0.39, 0.29) is 24.1 Å². The summed E-state index contributed by atoms with van der Waals surface area (Å²) in [6.07, 6.45) is -0.0253. The normalized spacial score (nSPS) is 15.4. The Morgan fingerprint density at radius 2 is 1.93 bits per heavy atom. The van der Waals surface area contributed by atoms with E-state index in [1.807, 2.05) is 13.8 Å². The highest BCUT2D eigenvalue weighted by atomic mass is 19.1. The predicted molar refractivity (Wildman–Crippen MR) is 105 cm³/mol. The lowest BCUT2D eigenvalue weighted by molar-refractivity contribution is -0.123. The molecule has 0 radical (unpaired) electrons. The first kappa shape index (κ1) is 19.5. The number of nitrogens with zero attached hydrogens (tertiary/aromatic N) is 1. The number of rotatable bonds is 5. The largest absolute Gasteiger partial charge is 0.339 e. The van der Waals surface area contributed by atoms with Crippen molar-refractivity contribution in [3.63, 3.8) is 0 Å². The third-order valence-electron chi connectivity index (χ3n) is 4.80. The van der Waals surface area contributed by atoms with Crippen molar-refractivity contribution >= 4 is 29.1 Å². The number of halogens is 1. The van der Waals surface area contributed by atoms with Crippen molar-refractivity contribution in [3.05, 3.63) is 59.4 Å². The summed E-state index contributed by atoms with van der Waals surface area (Å²) in [4.78, 5) is 38.9. The highest BCUT2D eigenvalue weighted by molar-refractivity contribution is 6.05. The molecule has 1 aliphatic rings. The van der Waals surface area contributed by atoms with E-state index in [0.717, 1.165) is 0 Å². The lowest BCUT2D eigenvalue weighted by atomic mass is 9.89. The molecule has 146 valence electrons. The number of nitrogens with one attached hydrogen (secondary N) is 2. The Kier molecular flexibility index (Phi) is 5.73. The maximum Gasteiger partial charge on any atom is 0.253 e. The smallest absolute Gasteiger partial charge is 0.253 e. The van der Waals surface area contributed by atoms with Crippen molar-refractivity contribution in [1.29, 1.82) is 0 Å². The number of amides is 3. The van der Waals surface area contributed by atoms with Gasteiger partial charge in [0.1, 0.15) is 5.82 Å². The van der Waals surface area contributed by atoms with E-state index in [1.54, 1.807) is 29.2 Å². The minimum Gasteiger partial charge on any atom is -0.339 e. The van der Waals surface area contributed by atoms with Gasteiger partial charge in [-0.1, -0.05) is 12.1 Å². The molecule has 28 heavy (non-hydrogen) atoms. The molecular weight excluding hydrogens is 361 g/mol. The zero-order valence-corrected chi connectivity index (χ0v) is 15.8. The van der Waals surface area contributed by atoms with Gasteiger partial charge in [0.2, 0.25) is 11.8 Å². The fraction of sp³-hybridized carbons (Fsp3) is 0.286. The number of anilines is 2. The molecule has 2 aromatic rings. The minimum atomic E-state index is -0.730. The van der Waals surface area contributed by atoms with Crippen LogP contribution in [0.5, 0.6) is 0 Å². The molecule has 0 spiro atoms. The van der Waals surface area contributed by atoms with E-state index in [1.165, 1.54) is 18.2 Å². The lowest BCUT2D eigenvalue weighted by Crippen LogP contribution is -2.31. The first-order chi connectivity index (χ1) is 13.4. The molecule has 3 rings (SSSR count). The predicted octanol–water partition coefficient (Wildman–Crippen LogP) is 3.37. The van der Waals surface area contributed by atoms with Crippen LogP contribution in [-0.2, 0) is 9.59 Å². The summed E-state index contributed by atoms with van der Waals surface area (Å²) in [5.74, 6) is -2.05. The maximum absolute atomic E-state index is 13.5. The molecule has 0 fully saturated rings. The quantitative estimate of drug-likeness (QED) is 0.831. The van der Waals surface area contributed by atoms with E-state index in [9.17, 15) is 18.8 Å². The monoisotopic (exact) mass is 383 g/mol. The molecule has 0 saturated heterocycles. The summed E-state index contributed by atoms with van der Waals surface area (Å²) in [7, 11) is 0. The Balaban J connectivity index is 1.82. The van der Waals surface area contributed by atoms with Crippen LogP contribution in [0.2, 0.25) is 0 Å². The summed E-state index contributed by atoms with van der Waals surface area (Å²) < 4.78 is 13.5. The van der Waals surface area contributed by atoms with Crippen LogP contribution in [0.25, 0.3) is 0 Å². The van der Waals surface area contributed by atoms with Gasteiger partial charge in [0.05, 0.1) is 5.92 Å². The molecule has 0 unspecified atom stereocenters.